The Kier molecular flexibility index (Phi) is 12.0. The molecule has 0 radical (unpaired) electrons. The van der Waals surface area contributed by atoms with Gasteiger partial charge in [-0.25, -0.2) is 9.97 Å². The molecule has 4 aromatic rings. The third kappa shape index (κ3) is 7.24. The van der Waals surface area contributed by atoms with Crippen LogP contribution in [-0.2, 0) is 13.0 Å². The maximum atomic E-state index is 5.54. The average molecular weight is 507 g/mol. The van der Waals surface area contributed by atoms with Crippen LogP contribution in [0, 0.1) is 12.8 Å². The van der Waals surface area contributed by atoms with E-state index in [0.717, 1.165) is 71.0 Å². The van der Waals surface area contributed by atoms with Crippen molar-refractivity contribution >= 4 is 22.5 Å². The van der Waals surface area contributed by atoms with Gasteiger partial charge in [0, 0.05) is 36.0 Å². The molecule has 0 atom stereocenters. The fourth-order valence-corrected chi connectivity index (χ4v) is 3.74. The summed E-state index contributed by atoms with van der Waals surface area (Å²) in [5, 5.41) is 12.3. The summed E-state index contributed by atoms with van der Waals surface area (Å²) in [4.78, 5) is 9.67. The quantitative estimate of drug-likeness (QED) is 0.223. The summed E-state index contributed by atoms with van der Waals surface area (Å²) in [6, 6.07) is 11.6. The number of methoxy groups -OCH3 is 3. The monoisotopic (exact) mass is 506 g/mol. The molecule has 4 rings (SSSR count). The maximum Gasteiger partial charge on any atom is 0.226 e. The molecule has 0 unspecified atom stereocenters. The van der Waals surface area contributed by atoms with Crippen LogP contribution in [0.1, 0.15) is 38.1 Å². The normalized spacial score (nSPS) is 10.2. The van der Waals surface area contributed by atoms with Crippen molar-refractivity contribution in [3.63, 3.8) is 0 Å². The van der Waals surface area contributed by atoms with Crippen LogP contribution in [0.5, 0.6) is 17.2 Å². The minimum absolute atomic E-state index is 0.502. The number of benzene rings is 2. The van der Waals surface area contributed by atoms with Gasteiger partial charge in [0.1, 0.15) is 17.2 Å². The molecule has 0 bridgehead atoms. The minimum Gasteiger partial charge on any atom is -0.497 e. The van der Waals surface area contributed by atoms with Gasteiger partial charge in [0.25, 0.3) is 0 Å². The summed E-state index contributed by atoms with van der Waals surface area (Å²) in [7, 11) is 6.90. The highest BCUT2D eigenvalue weighted by Crippen LogP contribution is 2.27. The lowest BCUT2D eigenvalue weighted by molar-refractivity contribution is 0.391. The Labute approximate surface area is 219 Å². The highest BCUT2D eigenvalue weighted by Gasteiger charge is 2.15. The SMILES string of the molecule is C#C.CC.CNCCCCc1nc2c3ccc(OC)cc3nc(NCc3ccc(OC)cc3OC)n2n1. The first-order valence-corrected chi connectivity index (χ1v) is 12.3. The number of aromatic nitrogens is 4. The molecule has 2 aromatic carbocycles. The smallest absolute Gasteiger partial charge is 0.226 e. The van der Waals surface area contributed by atoms with Crippen molar-refractivity contribution in [3.05, 3.63) is 47.8 Å². The molecule has 2 N–H and O–H groups in total. The van der Waals surface area contributed by atoms with Crippen LogP contribution in [-0.4, -0.2) is 54.5 Å². The molecule has 0 saturated heterocycles. The minimum atomic E-state index is 0.502. The van der Waals surface area contributed by atoms with Crippen LogP contribution in [0.4, 0.5) is 5.95 Å². The molecule has 0 spiro atoms. The number of ether oxygens (including phenoxy) is 3. The number of hydrogen-bond acceptors (Lipinski definition) is 8. The van der Waals surface area contributed by atoms with E-state index in [1.54, 1.807) is 25.8 Å². The van der Waals surface area contributed by atoms with Crippen molar-refractivity contribution in [2.45, 2.75) is 39.7 Å². The first-order valence-electron chi connectivity index (χ1n) is 12.3. The Morgan fingerprint density at radius 1 is 0.892 bits per heavy atom. The molecule has 2 heterocycles. The molecular weight excluding hydrogens is 468 g/mol. The number of hydrogen-bond donors (Lipinski definition) is 2. The van der Waals surface area contributed by atoms with Crippen LogP contribution in [0.15, 0.2) is 36.4 Å². The van der Waals surface area contributed by atoms with Gasteiger partial charge in [0.2, 0.25) is 5.95 Å². The van der Waals surface area contributed by atoms with E-state index < -0.39 is 0 Å². The maximum absolute atomic E-state index is 5.54. The Morgan fingerprint density at radius 3 is 2.27 bits per heavy atom. The second kappa shape index (κ2) is 15.2. The number of terminal acetylenes is 1. The summed E-state index contributed by atoms with van der Waals surface area (Å²) in [6.45, 7) is 5.48. The van der Waals surface area contributed by atoms with E-state index in [1.807, 2.05) is 57.3 Å². The van der Waals surface area contributed by atoms with Crippen LogP contribution >= 0.6 is 0 Å². The van der Waals surface area contributed by atoms with Gasteiger partial charge in [0.15, 0.2) is 11.5 Å². The second-order valence-corrected chi connectivity index (χ2v) is 7.67. The standard InChI is InChI=1S/C24H30N6O3.C2H6.C2H2/c1-25-12-6-5-7-22-28-23-19-11-10-17(31-2)13-20(19)27-24(30(23)29-22)26-15-16-8-9-18(32-3)14-21(16)33-4;2*1-2/h8-11,13-14,25H,5-7,12,15H2,1-4H3,(H,26,27);1-2H3;1-2H. The lowest BCUT2D eigenvalue weighted by atomic mass is 10.2. The van der Waals surface area contributed by atoms with Gasteiger partial charge >= 0.3 is 0 Å². The Bertz CT molecular complexity index is 1290. The second-order valence-electron chi connectivity index (χ2n) is 7.67. The van der Waals surface area contributed by atoms with Crippen molar-refractivity contribution in [3.8, 4) is 30.1 Å². The topological polar surface area (TPSA) is 94.8 Å². The molecule has 0 amide bonds. The zero-order valence-corrected chi connectivity index (χ0v) is 22.7. The van der Waals surface area contributed by atoms with Crippen molar-refractivity contribution in [2.75, 3.05) is 40.2 Å². The fourth-order valence-electron chi connectivity index (χ4n) is 3.74. The molecule has 9 heteroatoms. The highest BCUT2D eigenvalue weighted by molar-refractivity contribution is 5.93. The lowest BCUT2D eigenvalue weighted by Gasteiger charge is -2.13. The van der Waals surface area contributed by atoms with Gasteiger partial charge in [-0.05, 0) is 50.7 Å². The Balaban J connectivity index is 0.00000115. The Hall–Kier alpha value is -4.03. The number of nitrogens with one attached hydrogen (secondary N) is 2. The van der Waals surface area contributed by atoms with Gasteiger partial charge in [-0.15, -0.1) is 17.9 Å². The largest absolute Gasteiger partial charge is 0.497 e. The molecule has 0 aliphatic rings. The highest BCUT2D eigenvalue weighted by atomic mass is 16.5. The molecule has 2 aromatic heterocycles. The molecule has 0 saturated carbocycles. The van der Waals surface area contributed by atoms with E-state index in [9.17, 15) is 0 Å². The van der Waals surface area contributed by atoms with Crippen LogP contribution in [0.2, 0.25) is 0 Å². The summed E-state index contributed by atoms with van der Waals surface area (Å²) in [5.41, 5.74) is 2.54. The molecule has 0 aliphatic heterocycles. The van der Waals surface area contributed by atoms with E-state index in [2.05, 4.69) is 23.5 Å². The van der Waals surface area contributed by atoms with Gasteiger partial charge < -0.3 is 24.8 Å². The number of rotatable bonds is 11. The van der Waals surface area contributed by atoms with Crippen molar-refractivity contribution < 1.29 is 14.2 Å². The summed E-state index contributed by atoms with van der Waals surface area (Å²) < 4.78 is 18.0. The van der Waals surface area contributed by atoms with E-state index >= 15 is 0 Å². The van der Waals surface area contributed by atoms with Gasteiger partial charge in [0.05, 0.1) is 26.8 Å². The van der Waals surface area contributed by atoms with Crippen molar-refractivity contribution in [2.24, 2.45) is 0 Å². The number of unbranched alkanes of at least 4 members (excludes halogenated alkanes) is 1. The summed E-state index contributed by atoms with van der Waals surface area (Å²) >= 11 is 0. The summed E-state index contributed by atoms with van der Waals surface area (Å²) in [6.07, 6.45) is 10.9. The van der Waals surface area contributed by atoms with Crippen LogP contribution in [0.25, 0.3) is 16.6 Å². The van der Waals surface area contributed by atoms with Crippen molar-refractivity contribution in [1.29, 1.82) is 0 Å². The molecule has 0 aliphatic carbocycles. The number of nitrogens with zero attached hydrogens (tertiary/aromatic N) is 4. The number of aryl methyl sites for hydroxylation is 1. The predicted molar refractivity (Wildman–Crippen MR) is 150 cm³/mol. The predicted octanol–water partition coefficient (Wildman–Crippen LogP) is 4.73. The summed E-state index contributed by atoms with van der Waals surface area (Å²) in [5.74, 6) is 3.64. The van der Waals surface area contributed by atoms with Gasteiger partial charge in [-0.2, -0.15) is 4.52 Å². The van der Waals surface area contributed by atoms with E-state index in [0.29, 0.717) is 12.5 Å². The van der Waals surface area contributed by atoms with Crippen LogP contribution in [0.3, 0.4) is 0 Å². The first-order chi connectivity index (χ1) is 18.2. The zero-order chi connectivity index (χ0) is 27.2. The van der Waals surface area contributed by atoms with Gasteiger partial charge in [-0.1, -0.05) is 13.8 Å². The van der Waals surface area contributed by atoms with E-state index in [-0.39, 0.29) is 0 Å². The molecule has 9 nitrogen and oxygen atoms in total. The molecular formula is C28H38N6O3. The first kappa shape index (κ1) is 29.2. The zero-order valence-electron chi connectivity index (χ0n) is 22.7. The molecule has 198 valence electrons. The lowest BCUT2D eigenvalue weighted by Crippen LogP contribution is -2.09. The van der Waals surface area contributed by atoms with E-state index in [1.165, 1.54) is 0 Å². The fraction of sp³-hybridized carbons (Fsp3) is 0.393. The van der Waals surface area contributed by atoms with Gasteiger partial charge in [-0.3, -0.25) is 0 Å². The number of anilines is 1. The third-order valence-electron chi connectivity index (χ3n) is 5.53. The average Bonchev–Trinajstić information content (AvgIpc) is 3.40. The van der Waals surface area contributed by atoms with E-state index in [4.69, 9.17) is 29.3 Å². The molecule has 0 fully saturated rings. The third-order valence-corrected chi connectivity index (χ3v) is 5.53. The molecule has 37 heavy (non-hydrogen) atoms. The van der Waals surface area contributed by atoms with Crippen LogP contribution < -0.4 is 24.8 Å². The van der Waals surface area contributed by atoms with Crippen molar-refractivity contribution in [1.82, 2.24) is 24.9 Å². The Morgan fingerprint density at radius 2 is 1.59 bits per heavy atom. The number of fused-ring (bicyclic) bond motifs is 3.